The molecule has 7 nitrogen and oxygen atoms in total. The summed E-state index contributed by atoms with van der Waals surface area (Å²) in [5, 5.41) is 6.61. The Hall–Kier alpha value is -2.61. The lowest BCUT2D eigenvalue weighted by atomic mass is 9.89. The van der Waals surface area contributed by atoms with Crippen molar-refractivity contribution in [2.75, 3.05) is 57.8 Å². The van der Waals surface area contributed by atoms with Crippen LogP contribution in [0.15, 0.2) is 48.5 Å². The first-order valence-electron chi connectivity index (χ1n) is 11.6. The second-order valence-electron chi connectivity index (χ2n) is 8.56. The summed E-state index contributed by atoms with van der Waals surface area (Å²) in [5.41, 5.74) is 2.49. The molecule has 2 heterocycles. The molecule has 176 valence electrons. The number of urea groups is 1. The lowest BCUT2D eigenvalue weighted by Crippen LogP contribution is -2.41. The smallest absolute Gasteiger partial charge is 0.321 e. The van der Waals surface area contributed by atoms with Crippen LogP contribution in [-0.4, -0.2) is 74.2 Å². The molecule has 2 fully saturated rings. The van der Waals surface area contributed by atoms with Gasteiger partial charge in [-0.15, -0.1) is 0 Å². The predicted molar refractivity (Wildman–Crippen MR) is 130 cm³/mol. The maximum atomic E-state index is 12.8. The molecule has 0 spiro atoms. The minimum Gasteiger partial charge on any atom is -0.379 e. The number of likely N-dealkylation sites (tertiary alicyclic amines) is 1. The molecule has 2 saturated heterocycles. The Morgan fingerprint density at radius 3 is 2.64 bits per heavy atom. The average Bonchev–Trinajstić information content (AvgIpc) is 2.86. The quantitative estimate of drug-likeness (QED) is 0.673. The normalized spacial score (nSPS) is 19.2. The second kappa shape index (κ2) is 11.5. The van der Waals surface area contributed by atoms with Gasteiger partial charge in [-0.25, -0.2) is 4.79 Å². The first-order valence-corrected chi connectivity index (χ1v) is 12.0. The Morgan fingerprint density at radius 2 is 1.85 bits per heavy atom. The molecule has 0 unspecified atom stereocenters. The lowest BCUT2D eigenvalue weighted by molar-refractivity contribution is 0.0383. The van der Waals surface area contributed by atoms with Gasteiger partial charge in [0.1, 0.15) is 0 Å². The van der Waals surface area contributed by atoms with Crippen LogP contribution in [0.4, 0.5) is 10.5 Å². The Kier molecular flexibility index (Phi) is 8.20. The van der Waals surface area contributed by atoms with Crippen molar-refractivity contribution < 1.29 is 14.3 Å². The minimum atomic E-state index is -0.112. The van der Waals surface area contributed by atoms with Crippen LogP contribution in [0.5, 0.6) is 0 Å². The third-order valence-electron chi connectivity index (χ3n) is 6.24. The van der Waals surface area contributed by atoms with Crippen LogP contribution in [0.1, 0.15) is 34.7 Å². The number of carbonyl (C=O) groups is 2. The zero-order chi connectivity index (χ0) is 23.0. The van der Waals surface area contributed by atoms with Gasteiger partial charge in [-0.05, 0) is 54.8 Å². The van der Waals surface area contributed by atoms with E-state index >= 15 is 0 Å². The van der Waals surface area contributed by atoms with Crippen LogP contribution < -0.4 is 10.6 Å². The molecule has 0 radical (unpaired) electrons. The van der Waals surface area contributed by atoms with E-state index in [1.54, 1.807) is 24.3 Å². The van der Waals surface area contributed by atoms with Crippen LogP contribution >= 0.6 is 11.6 Å². The molecule has 2 N–H and O–H groups in total. The van der Waals surface area contributed by atoms with Gasteiger partial charge in [-0.3, -0.25) is 9.69 Å². The topological polar surface area (TPSA) is 73.9 Å². The van der Waals surface area contributed by atoms with E-state index in [0.29, 0.717) is 23.7 Å². The summed E-state index contributed by atoms with van der Waals surface area (Å²) in [5.74, 6) is 0.147. The van der Waals surface area contributed by atoms with Gasteiger partial charge in [-0.2, -0.15) is 0 Å². The van der Waals surface area contributed by atoms with E-state index in [0.717, 1.165) is 63.5 Å². The number of piperidine rings is 1. The number of rotatable bonds is 6. The molecule has 2 aromatic rings. The van der Waals surface area contributed by atoms with E-state index in [9.17, 15) is 9.59 Å². The number of morpholine rings is 1. The van der Waals surface area contributed by atoms with Crippen molar-refractivity contribution in [1.82, 2.24) is 15.1 Å². The fourth-order valence-corrected chi connectivity index (χ4v) is 4.48. The van der Waals surface area contributed by atoms with Crippen LogP contribution in [0.2, 0.25) is 5.02 Å². The number of carbonyl (C=O) groups excluding carboxylic acids is 2. The molecule has 2 aliphatic rings. The number of nitrogens with zero attached hydrogens (tertiary/aromatic N) is 2. The van der Waals surface area contributed by atoms with Crippen molar-refractivity contribution in [1.29, 1.82) is 0 Å². The molecule has 1 atom stereocenters. The predicted octanol–water partition coefficient (Wildman–Crippen LogP) is 3.81. The van der Waals surface area contributed by atoms with Crippen molar-refractivity contribution >= 4 is 29.2 Å². The number of amides is 3. The Labute approximate surface area is 200 Å². The van der Waals surface area contributed by atoms with Crippen molar-refractivity contribution in [3.8, 4) is 0 Å². The van der Waals surface area contributed by atoms with E-state index in [1.807, 2.05) is 23.1 Å². The highest BCUT2D eigenvalue weighted by Crippen LogP contribution is 2.28. The van der Waals surface area contributed by atoms with Gasteiger partial charge >= 0.3 is 6.03 Å². The molecular formula is C25H31ClN4O3. The van der Waals surface area contributed by atoms with Crippen LogP contribution in [-0.2, 0) is 4.74 Å². The molecule has 3 amide bonds. The maximum Gasteiger partial charge on any atom is 0.321 e. The summed E-state index contributed by atoms with van der Waals surface area (Å²) in [7, 11) is 0. The van der Waals surface area contributed by atoms with Gasteiger partial charge in [0, 0.05) is 61.5 Å². The van der Waals surface area contributed by atoms with Gasteiger partial charge in [0.25, 0.3) is 5.91 Å². The highest BCUT2D eigenvalue weighted by atomic mass is 35.5. The summed E-state index contributed by atoms with van der Waals surface area (Å²) in [6.07, 6.45) is 1.92. The van der Waals surface area contributed by atoms with Crippen molar-refractivity contribution in [2.24, 2.45) is 0 Å². The van der Waals surface area contributed by atoms with Gasteiger partial charge in [0.2, 0.25) is 0 Å². The zero-order valence-corrected chi connectivity index (χ0v) is 19.5. The van der Waals surface area contributed by atoms with Crippen LogP contribution in [0.3, 0.4) is 0 Å². The molecule has 0 bridgehead atoms. The molecule has 4 rings (SSSR count). The second-order valence-corrected chi connectivity index (χ2v) is 8.99. The number of anilines is 1. The SMILES string of the molecule is O=C(NCCN1CCOCC1)c1cccc([C@@H]2CCCN(C(=O)Nc3ccc(Cl)cc3)C2)c1. The highest BCUT2D eigenvalue weighted by molar-refractivity contribution is 6.30. The molecule has 2 aliphatic heterocycles. The Balaban J connectivity index is 1.31. The summed E-state index contributed by atoms with van der Waals surface area (Å²) in [6.45, 7) is 6.13. The third-order valence-corrected chi connectivity index (χ3v) is 6.49. The number of hydrogen-bond acceptors (Lipinski definition) is 4. The maximum absolute atomic E-state index is 12.8. The molecule has 0 aliphatic carbocycles. The Bertz CT molecular complexity index is 947. The summed E-state index contributed by atoms with van der Waals surface area (Å²) >= 11 is 5.92. The van der Waals surface area contributed by atoms with E-state index in [2.05, 4.69) is 21.6 Å². The standard InChI is InChI=1S/C25H31ClN4O3/c26-22-6-8-23(9-7-22)28-25(32)30-11-2-5-21(18-30)19-3-1-4-20(17-19)24(31)27-10-12-29-13-15-33-16-14-29/h1,3-4,6-9,17,21H,2,5,10-16,18H2,(H,27,31)(H,28,32)/t21-/m1/s1. The number of benzene rings is 2. The molecule has 33 heavy (non-hydrogen) atoms. The van der Waals surface area contributed by atoms with E-state index in [4.69, 9.17) is 16.3 Å². The lowest BCUT2D eigenvalue weighted by Gasteiger charge is -2.33. The van der Waals surface area contributed by atoms with Crippen LogP contribution in [0.25, 0.3) is 0 Å². The number of nitrogens with one attached hydrogen (secondary N) is 2. The third kappa shape index (κ3) is 6.69. The van der Waals surface area contributed by atoms with E-state index in [1.165, 1.54) is 0 Å². The largest absolute Gasteiger partial charge is 0.379 e. The average molecular weight is 471 g/mol. The number of hydrogen-bond donors (Lipinski definition) is 2. The first-order chi connectivity index (χ1) is 16.1. The number of halogens is 1. The first kappa shape index (κ1) is 23.5. The van der Waals surface area contributed by atoms with Crippen molar-refractivity contribution in [3.63, 3.8) is 0 Å². The highest BCUT2D eigenvalue weighted by Gasteiger charge is 2.25. The van der Waals surface area contributed by atoms with Crippen molar-refractivity contribution in [3.05, 3.63) is 64.7 Å². The number of ether oxygens (including phenoxy) is 1. The fourth-order valence-electron chi connectivity index (χ4n) is 4.36. The minimum absolute atomic E-state index is 0.0572. The fraction of sp³-hybridized carbons (Fsp3) is 0.440. The zero-order valence-electron chi connectivity index (χ0n) is 18.8. The van der Waals surface area contributed by atoms with Crippen LogP contribution in [0, 0.1) is 0 Å². The molecule has 0 aromatic heterocycles. The van der Waals surface area contributed by atoms with Crippen molar-refractivity contribution in [2.45, 2.75) is 18.8 Å². The van der Waals surface area contributed by atoms with Gasteiger partial charge in [-0.1, -0.05) is 23.7 Å². The monoisotopic (exact) mass is 470 g/mol. The molecule has 2 aromatic carbocycles. The Morgan fingerprint density at radius 1 is 1.06 bits per heavy atom. The summed E-state index contributed by atoms with van der Waals surface area (Å²) < 4.78 is 5.36. The van der Waals surface area contributed by atoms with E-state index < -0.39 is 0 Å². The molecular weight excluding hydrogens is 440 g/mol. The van der Waals surface area contributed by atoms with Gasteiger partial charge in [0.05, 0.1) is 13.2 Å². The summed E-state index contributed by atoms with van der Waals surface area (Å²) in [6, 6.07) is 14.8. The molecule has 8 heteroatoms. The molecule has 0 saturated carbocycles. The van der Waals surface area contributed by atoms with E-state index in [-0.39, 0.29) is 17.9 Å². The van der Waals surface area contributed by atoms with Gasteiger partial charge in [0.15, 0.2) is 0 Å². The van der Waals surface area contributed by atoms with Gasteiger partial charge < -0.3 is 20.3 Å². The summed E-state index contributed by atoms with van der Waals surface area (Å²) in [4.78, 5) is 29.6.